The minimum Gasteiger partial charge on any atom is -0.388 e. The molecule has 5 nitrogen and oxygen atoms in total. The Bertz CT molecular complexity index is 818. The summed E-state index contributed by atoms with van der Waals surface area (Å²) in [7, 11) is 0. The summed E-state index contributed by atoms with van der Waals surface area (Å²) in [5, 5.41) is 30.8. The summed E-state index contributed by atoms with van der Waals surface area (Å²) in [6, 6.07) is 0. The van der Waals surface area contributed by atoms with Crippen LogP contribution in [0.3, 0.4) is 0 Å². The van der Waals surface area contributed by atoms with E-state index in [4.69, 9.17) is 11.6 Å². The minimum absolute atomic E-state index is 0.0190. The molecule has 6 heteroatoms. The number of hydrogen-bond donors (Lipinski definition) is 3. The molecule has 1 unspecified atom stereocenters. The average molecular weight is 409 g/mol. The van der Waals surface area contributed by atoms with Crippen LogP contribution in [0.5, 0.6) is 0 Å². The van der Waals surface area contributed by atoms with E-state index in [1.54, 1.807) is 6.08 Å². The second-order valence-electron chi connectivity index (χ2n) is 9.74. The van der Waals surface area contributed by atoms with Crippen LogP contribution in [0.15, 0.2) is 23.3 Å². The van der Waals surface area contributed by atoms with Crippen LogP contribution in [0.2, 0.25) is 0 Å². The molecule has 0 bridgehead atoms. The molecule has 4 rings (SSSR count). The summed E-state index contributed by atoms with van der Waals surface area (Å²) in [6.45, 7) is 5.28. The van der Waals surface area contributed by atoms with Crippen LogP contribution >= 0.6 is 11.6 Å². The van der Waals surface area contributed by atoms with Gasteiger partial charge in [-0.15, -0.1) is 11.6 Å². The van der Waals surface area contributed by atoms with Gasteiger partial charge in [-0.05, 0) is 50.2 Å². The van der Waals surface area contributed by atoms with Gasteiger partial charge in [0.1, 0.15) is 18.3 Å². The molecule has 2 fully saturated rings. The summed E-state index contributed by atoms with van der Waals surface area (Å²) < 4.78 is 0. The molecule has 2 saturated carbocycles. The molecule has 0 aromatic carbocycles. The van der Waals surface area contributed by atoms with E-state index in [1.165, 1.54) is 0 Å². The molecule has 4 aliphatic rings. The van der Waals surface area contributed by atoms with Gasteiger partial charge in [-0.3, -0.25) is 9.59 Å². The van der Waals surface area contributed by atoms with Crippen molar-refractivity contribution in [1.29, 1.82) is 0 Å². The van der Waals surface area contributed by atoms with Crippen LogP contribution in [0.4, 0.5) is 0 Å². The number of alkyl halides is 1. The topological polar surface area (TPSA) is 94.8 Å². The SMILES string of the molecule is CC1=C[C@H]2[C@@H]3CC[C@](O)(C(=O)CO)[C@@]3(C)CC[C@]2(Cl)[C@@]2(C)CC(=O)C(O)C=C12. The van der Waals surface area contributed by atoms with E-state index in [2.05, 4.69) is 6.08 Å². The number of aliphatic hydroxyl groups is 3. The van der Waals surface area contributed by atoms with Gasteiger partial charge in [0.2, 0.25) is 0 Å². The van der Waals surface area contributed by atoms with E-state index >= 15 is 0 Å². The summed E-state index contributed by atoms with van der Waals surface area (Å²) in [6.07, 6.45) is 4.94. The summed E-state index contributed by atoms with van der Waals surface area (Å²) in [5.74, 6) is -0.849. The number of allylic oxidation sites excluding steroid dienone is 3. The Labute approximate surface area is 170 Å². The van der Waals surface area contributed by atoms with Crippen molar-refractivity contribution in [2.45, 2.75) is 69.5 Å². The van der Waals surface area contributed by atoms with E-state index in [9.17, 15) is 24.9 Å². The number of hydrogen-bond acceptors (Lipinski definition) is 5. The van der Waals surface area contributed by atoms with E-state index < -0.39 is 39.8 Å². The minimum atomic E-state index is -1.54. The Morgan fingerprint density at radius 3 is 2.57 bits per heavy atom. The van der Waals surface area contributed by atoms with Gasteiger partial charge in [-0.1, -0.05) is 25.5 Å². The predicted molar refractivity (Wildman–Crippen MR) is 105 cm³/mol. The molecule has 0 spiro atoms. The Balaban J connectivity index is 1.84. The van der Waals surface area contributed by atoms with Crippen LogP contribution < -0.4 is 0 Å². The molecule has 28 heavy (non-hydrogen) atoms. The monoisotopic (exact) mass is 408 g/mol. The lowest BCUT2D eigenvalue weighted by molar-refractivity contribution is -0.160. The lowest BCUT2D eigenvalue weighted by atomic mass is 9.46. The number of ketones is 2. The fourth-order valence-electron chi connectivity index (χ4n) is 6.93. The van der Waals surface area contributed by atoms with Gasteiger partial charge in [-0.2, -0.15) is 0 Å². The molecule has 4 aliphatic carbocycles. The zero-order chi connectivity index (χ0) is 20.7. The highest BCUT2D eigenvalue weighted by atomic mass is 35.5. The van der Waals surface area contributed by atoms with Crippen LogP contribution in [-0.2, 0) is 9.59 Å². The van der Waals surface area contributed by atoms with E-state index in [0.717, 1.165) is 11.1 Å². The number of halogens is 1. The van der Waals surface area contributed by atoms with Crippen molar-refractivity contribution in [2.24, 2.45) is 22.7 Å². The zero-order valence-corrected chi connectivity index (χ0v) is 17.4. The van der Waals surface area contributed by atoms with Crippen molar-refractivity contribution in [3.8, 4) is 0 Å². The lowest BCUT2D eigenvalue weighted by Crippen LogP contribution is -2.63. The number of fused-ring (bicyclic) bond motifs is 5. The summed E-state index contributed by atoms with van der Waals surface area (Å²) in [4.78, 5) is 24.1. The van der Waals surface area contributed by atoms with Crippen molar-refractivity contribution < 1.29 is 24.9 Å². The van der Waals surface area contributed by atoms with Gasteiger partial charge in [0.15, 0.2) is 11.6 Å². The maximum atomic E-state index is 12.4. The second kappa shape index (κ2) is 6.00. The Morgan fingerprint density at radius 2 is 1.93 bits per heavy atom. The third-order valence-corrected chi connectivity index (χ3v) is 9.56. The molecule has 3 N–H and O–H groups in total. The first-order valence-electron chi connectivity index (χ1n) is 10.1. The number of Topliss-reactive ketones (excluding diaryl/α,β-unsaturated/α-hetero) is 2. The molecule has 0 saturated heterocycles. The van der Waals surface area contributed by atoms with Crippen LogP contribution in [0.25, 0.3) is 0 Å². The third kappa shape index (κ3) is 2.19. The Hall–Kier alpha value is -1.01. The maximum absolute atomic E-state index is 12.4. The van der Waals surface area contributed by atoms with Crippen molar-refractivity contribution in [2.75, 3.05) is 6.61 Å². The van der Waals surface area contributed by atoms with Gasteiger partial charge in [0.05, 0.1) is 4.87 Å². The van der Waals surface area contributed by atoms with Gasteiger partial charge in [-0.25, -0.2) is 0 Å². The molecule has 0 aliphatic heterocycles. The number of aliphatic hydroxyl groups excluding tert-OH is 2. The quantitative estimate of drug-likeness (QED) is 0.609. The molecule has 0 heterocycles. The van der Waals surface area contributed by atoms with Crippen LogP contribution in [0.1, 0.15) is 52.9 Å². The fraction of sp³-hybridized carbons (Fsp3) is 0.727. The first-order chi connectivity index (χ1) is 12.9. The molecular formula is C22H29ClO5. The summed E-state index contributed by atoms with van der Waals surface area (Å²) >= 11 is 7.37. The first kappa shape index (κ1) is 20.3. The maximum Gasteiger partial charge on any atom is 0.190 e. The number of rotatable bonds is 2. The van der Waals surface area contributed by atoms with E-state index in [-0.39, 0.29) is 24.0 Å². The summed E-state index contributed by atoms with van der Waals surface area (Å²) in [5.41, 5.74) is -0.862. The molecule has 154 valence electrons. The molecular weight excluding hydrogens is 380 g/mol. The van der Waals surface area contributed by atoms with E-state index in [1.807, 2.05) is 20.8 Å². The smallest absolute Gasteiger partial charge is 0.190 e. The highest BCUT2D eigenvalue weighted by molar-refractivity contribution is 6.25. The lowest BCUT2D eigenvalue weighted by Gasteiger charge is -2.62. The van der Waals surface area contributed by atoms with Crippen molar-refractivity contribution >= 4 is 23.2 Å². The highest BCUT2D eigenvalue weighted by Gasteiger charge is 2.70. The fourth-order valence-corrected chi connectivity index (χ4v) is 7.41. The zero-order valence-electron chi connectivity index (χ0n) is 16.7. The van der Waals surface area contributed by atoms with Gasteiger partial charge >= 0.3 is 0 Å². The van der Waals surface area contributed by atoms with Crippen molar-refractivity contribution in [1.82, 2.24) is 0 Å². The Kier molecular flexibility index (Phi) is 4.35. The number of carbonyl (C=O) groups is 2. The van der Waals surface area contributed by atoms with Crippen LogP contribution in [-0.4, -0.2) is 50.1 Å². The Morgan fingerprint density at radius 1 is 1.25 bits per heavy atom. The largest absolute Gasteiger partial charge is 0.388 e. The van der Waals surface area contributed by atoms with Gasteiger partial charge in [0.25, 0.3) is 0 Å². The first-order valence-corrected chi connectivity index (χ1v) is 10.5. The van der Waals surface area contributed by atoms with Gasteiger partial charge in [0, 0.05) is 23.2 Å². The van der Waals surface area contributed by atoms with Crippen molar-refractivity contribution in [3.63, 3.8) is 0 Å². The predicted octanol–water partition coefficient (Wildman–Crippen LogP) is 2.31. The third-order valence-electron chi connectivity index (χ3n) is 8.70. The average Bonchev–Trinajstić information content (AvgIpc) is 2.92. The molecule has 7 atom stereocenters. The standard InChI is InChI=1S/C22H29ClO5/c1-12-8-15-13-4-5-22(28,18(27)11-24)19(13,2)6-7-21(15,23)20(3)10-17(26)16(25)9-14(12)20/h8-9,13,15-16,24-25,28H,4-7,10-11H2,1-3H3/t13-,15-,16?,19-,20-,21+,22-/m0/s1. The molecule has 0 aromatic rings. The number of carbonyl (C=O) groups excluding carboxylic acids is 2. The molecule has 0 radical (unpaired) electrons. The van der Waals surface area contributed by atoms with Crippen molar-refractivity contribution in [3.05, 3.63) is 23.3 Å². The van der Waals surface area contributed by atoms with E-state index in [0.29, 0.717) is 25.7 Å². The highest BCUT2D eigenvalue weighted by Crippen LogP contribution is 2.70. The second-order valence-corrected chi connectivity index (χ2v) is 10.4. The normalized spacial score (nSPS) is 50.2. The molecule has 0 amide bonds. The molecule has 0 aromatic heterocycles. The van der Waals surface area contributed by atoms with Gasteiger partial charge < -0.3 is 15.3 Å². The van der Waals surface area contributed by atoms with Crippen LogP contribution in [0, 0.1) is 22.7 Å².